The first-order chi connectivity index (χ1) is 5.76. The number of aliphatic hydroxyl groups excluding tert-OH is 1. The molecule has 0 saturated carbocycles. The SMILES string of the molecule is C#CC1(CO)CCN(CC)CC1. The summed E-state index contributed by atoms with van der Waals surface area (Å²) >= 11 is 0. The van der Waals surface area contributed by atoms with Gasteiger partial charge in [0, 0.05) is 0 Å². The molecule has 1 aliphatic rings. The van der Waals surface area contributed by atoms with Crippen molar-refractivity contribution in [1.29, 1.82) is 0 Å². The summed E-state index contributed by atoms with van der Waals surface area (Å²) in [4.78, 5) is 2.37. The summed E-state index contributed by atoms with van der Waals surface area (Å²) in [5.41, 5.74) is -0.217. The highest BCUT2D eigenvalue weighted by atomic mass is 16.3. The van der Waals surface area contributed by atoms with E-state index in [4.69, 9.17) is 11.5 Å². The van der Waals surface area contributed by atoms with Crippen LogP contribution in [0.25, 0.3) is 0 Å². The fourth-order valence-electron chi connectivity index (χ4n) is 1.65. The summed E-state index contributed by atoms with van der Waals surface area (Å²) in [5.74, 6) is 2.74. The molecule has 0 aromatic carbocycles. The van der Waals surface area contributed by atoms with Crippen LogP contribution in [0.15, 0.2) is 0 Å². The van der Waals surface area contributed by atoms with Crippen LogP contribution in [-0.2, 0) is 0 Å². The van der Waals surface area contributed by atoms with E-state index in [1.165, 1.54) is 0 Å². The van der Waals surface area contributed by atoms with E-state index in [2.05, 4.69) is 17.7 Å². The van der Waals surface area contributed by atoms with E-state index in [0.29, 0.717) is 0 Å². The molecule has 1 saturated heterocycles. The Morgan fingerprint density at radius 1 is 1.50 bits per heavy atom. The molecule has 2 nitrogen and oxygen atoms in total. The number of piperidine rings is 1. The van der Waals surface area contributed by atoms with Crippen molar-refractivity contribution < 1.29 is 5.11 Å². The normalized spacial score (nSPS) is 23.4. The third-order valence-electron chi connectivity index (χ3n) is 2.87. The Morgan fingerprint density at radius 3 is 2.42 bits per heavy atom. The van der Waals surface area contributed by atoms with Gasteiger partial charge in [0.15, 0.2) is 0 Å². The lowest BCUT2D eigenvalue weighted by Gasteiger charge is -2.36. The number of likely N-dealkylation sites (tertiary alicyclic amines) is 1. The van der Waals surface area contributed by atoms with Crippen LogP contribution < -0.4 is 0 Å². The highest BCUT2D eigenvalue weighted by molar-refractivity contribution is 5.07. The van der Waals surface area contributed by atoms with E-state index in [0.717, 1.165) is 32.5 Å². The quantitative estimate of drug-likeness (QED) is 0.612. The van der Waals surface area contributed by atoms with Crippen molar-refractivity contribution in [3.05, 3.63) is 0 Å². The molecule has 0 aliphatic carbocycles. The van der Waals surface area contributed by atoms with E-state index < -0.39 is 0 Å². The Balaban J connectivity index is 2.49. The molecule has 0 unspecified atom stereocenters. The molecule has 0 atom stereocenters. The second-order valence-electron chi connectivity index (χ2n) is 3.52. The molecule has 1 aliphatic heterocycles. The van der Waals surface area contributed by atoms with E-state index in [1.807, 2.05) is 0 Å². The minimum Gasteiger partial charge on any atom is -0.395 e. The molecule has 1 N–H and O–H groups in total. The van der Waals surface area contributed by atoms with Gasteiger partial charge < -0.3 is 10.0 Å². The van der Waals surface area contributed by atoms with Gasteiger partial charge >= 0.3 is 0 Å². The molecule has 0 radical (unpaired) electrons. The number of terminal acetylenes is 1. The van der Waals surface area contributed by atoms with E-state index in [9.17, 15) is 0 Å². The third-order valence-corrected chi connectivity index (χ3v) is 2.87. The van der Waals surface area contributed by atoms with Crippen molar-refractivity contribution in [3.8, 4) is 12.3 Å². The van der Waals surface area contributed by atoms with Crippen molar-refractivity contribution in [2.75, 3.05) is 26.2 Å². The van der Waals surface area contributed by atoms with Crippen molar-refractivity contribution in [2.45, 2.75) is 19.8 Å². The molecular formula is C10H17NO. The van der Waals surface area contributed by atoms with Crippen LogP contribution in [0.1, 0.15) is 19.8 Å². The predicted octanol–water partition coefficient (Wildman–Crippen LogP) is 0.714. The Hall–Kier alpha value is -0.520. The summed E-state index contributed by atoms with van der Waals surface area (Å²) < 4.78 is 0. The van der Waals surface area contributed by atoms with Crippen LogP contribution in [0.2, 0.25) is 0 Å². The zero-order valence-corrected chi connectivity index (χ0v) is 7.71. The maximum absolute atomic E-state index is 9.14. The van der Waals surface area contributed by atoms with E-state index >= 15 is 0 Å². The first kappa shape index (κ1) is 9.57. The van der Waals surface area contributed by atoms with Crippen molar-refractivity contribution in [1.82, 2.24) is 4.90 Å². The summed E-state index contributed by atoms with van der Waals surface area (Å²) in [6.07, 6.45) is 7.28. The number of hydrogen-bond acceptors (Lipinski definition) is 2. The average molecular weight is 167 g/mol. The second kappa shape index (κ2) is 3.93. The van der Waals surface area contributed by atoms with Crippen LogP contribution in [0, 0.1) is 17.8 Å². The Labute approximate surface area is 74.6 Å². The topological polar surface area (TPSA) is 23.5 Å². The predicted molar refractivity (Wildman–Crippen MR) is 49.7 cm³/mol. The fourth-order valence-corrected chi connectivity index (χ4v) is 1.65. The molecule has 2 heteroatoms. The van der Waals surface area contributed by atoms with Gasteiger partial charge in [0.2, 0.25) is 0 Å². The summed E-state index contributed by atoms with van der Waals surface area (Å²) in [5, 5.41) is 9.14. The molecule has 1 rings (SSSR count). The van der Waals surface area contributed by atoms with Gasteiger partial charge in [-0.2, -0.15) is 0 Å². The smallest absolute Gasteiger partial charge is 0.0598 e. The largest absolute Gasteiger partial charge is 0.395 e. The lowest BCUT2D eigenvalue weighted by Crippen LogP contribution is -2.41. The lowest BCUT2D eigenvalue weighted by molar-refractivity contribution is 0.0901. The van der Waals surface area contributed by atoms with Crippen molar-refractivity contribution in [2.24, 2.45) is 5.41 Å². The molecule has 12 heavy (non-hydrogen) atoms. The summed E-state index contributed by atoms with van der Waals surface area (Å²) in [7, 11) is 0. The van der Waals surface area contributed by atoms with Crippen LogP contribution in [0.4, 0.5) is 0 Å². The van der Waals surface area contributed by atoms with E-state index in [1.54, 1.807) is 0 Å². The monoisotopic (exact) mass is 167 g/mol. The molecule has 0 bridgehead atoms. The van der Waals surface area contributed by atoms with Gasteiger partial charge in [-0.15, -0.1) is 6.42 Å². The minimum absolute atomic E-state index is 0.140. The Kier molecular flexibility index (Phi) is 3.13. The Bertz CT molecular complexity index is 175. The minimum atomic E-state index is -0.217. The number of nitrogens with zero attached hydrogens (tertiary/aromatic N) is 1. The molecule has 0 spiro atoms. The highest BCUT2D eigenvalue weighted by Gasteiger charge is 2.31. The molecule has 0 aromatic heterocycles. The molecule has 68 valence electrons. The van der Waals surface area contributed by atoms with Gasteiger partial charge in [-0.1, -0.05) is 12.8 Å². The van der Waals surface area contributed by atoms with Gasteiger partial charge in [0.25, 0.3) is 0 Å². The van der Waals surface area contributed by atoms with Crippen LogP contribution in [-0.4, -0.2) is 36.2 Å². The van der Waals surface area contributed by atoms with Crippen LogP contribution in [0.5, 0.6) is 0 Å². The number of aliphatic hydroxyl groups is 1. The highest BCUT2D eigenvalue weighted by Crippen LogP contribution is 2.29. The maximum Gasteiger partial charge on any atom is 0.0598 e. The molecule has 1 fully saturated rings. The van der Waals surface area contributed by atoms with Gasteiger partial charge in [0.1, 0.15) is 0 Å². The summed E-state index contributed by atoms with van der Waals surface area (Å²) in [6.45, 7) is 5.44. The Morgan fingerprint density at radius 2 is 2.08 bits per heavy atom. The van der Waals surface area contributed by atoms with Gasteiger partial charge in [0.05, 0.1) is 12.0 Å². The fraction of sp³-hybridized carbons (Fsp3) is 0.800. The van der Waals surface area contributed by atoms with Gasteiger partial charge in [-0.3, -0.25) is 0 Å². The molecule has 0 amide bonds. The third kappa shape index (κ3) is 1.80. The van der Waals surface area contributed by atoms with Gasteiger partial charge in [-0.05, 0) is 32.5 Å². The maximum atomic E-state index is 9.14. The molecule has 0 aromatic rings. The second-order valence-corrected chi connectivity index (χ2v) is 3.52. The van der Waals surface area contributed by atoms with Gasteiger partial charge in [-0.25, -0.2) is 0 Å². The lowest BCUT2D eigenvalue weighted by atomic mass is 9.80. The first-order valence-electron chi connectivity index (χ1n) is 4.57. The van der Waals surface area contributed by atoms with Crippen LogP contribution >= 0.6 is 0 Å². The zero-order valence-electron chi connectivity index (χ0n) is 7.71. The van der Waals surface area contributed by atoms with Crippen molar-refractivity contribution in [3.63, 3.8) is 0 Å². The first-order valence-corrected chi connectivity index (χ1v) is 4.57. The van der Waals surface area contributed by atoms with Crippen molar-refractivity contribution >= 4 is 0 Å². The standard InChI is InChI=1S/C10H17NO/c1-3-10(9-12)5-7-11(4-2)8-6-10/h1,12H,4-9H2,2H3. The van der Waals surface area contributed by atoms with Crippen LogP contribution in [0.3, 0.4) is 0 Å². The van der Waals surface area contributed by atoms with E-state index in [-0.39, 0.29) is 12.0 Å². The zero-order chi connectivity index (χ0) is 9.03. The molecule has 1 heterocycles. The number of hydrogen-bond donors (Lipinski definition) is 1. The number of rotatable bonds is 2. The average Bonchev–Trinajstić information content (AvgIpc) is 2.18. The summed E-state index contributed by atoms with van der Waals surface area (Å²) in [6, 6.07) is 0. The molecular weight excluding hydrogens is 150 g/mol.